The van der Waals surface area contributed by atoms with E-state index in [1.165, 1.54) is 12.0 Å². The Morgan fingerprint density at radius 3 is 3.08 bits per heavy atom. The van der Waals surface area contributed by atoms with Gasteiger partial charge in [-0.15, -0.1) is 0 Å². The minimum Gasteiger partial charge on any atom is -0.469 e. The zero-order chi connectivity index (χ0) is 17.5. The van der Waals surface area contributed by atoms with Gasteiger partial charge in [-0.1, -0.05) is 6.07 Å². The predicted molar refractivity (Wildman–Crippen MR) is 92.2 cm³/mol. The zero-order valence-electron chi connectivity index (χ0n) is 13.6. The average molecular weight is 343 g/mol. The van der Waals surface area contributed by atoms with Crippen LogP contribution in [-0.2, 0) is 6.42 Å². The SMILES string of the molecule is N#Cc1ccc2c(c1)CC[C@H]2Oc1ccc2[nH]nc(-c3cnco3)c2n1. The molecule has 0 radical (unpaired) electrons. The van der Waals surface area contributed by atoms with Gasteiger partial charge in [-0.3, -0.25) is 5.10 Å². The van der Waals surface area contributed by atoms with Crippen molar-refractivity contribution in [3.8, 4) is 23.4 Å². The molecule has 1 aromatic carbocycles. The Morgan fingerprint density at radius 2 is 2.23 bits per heavy atom. The van der Waals surface area contributed by atoms with E-state index in [0.29, 0.717) is 28.4 Å². The molecule has 0 fully saturated rings. The summed E-state index contributed by atoms with van der Waals surface area (Å²) in [6.45, 7) is 0. The normalized spacial score (nSPS) is 15.7. The van der Waals surface area contributed by atoms with Crippen LogP contribution in [0.2, 0.25) is 0 Å². The van der Waals surface area contributed by atoms with Crippen molar-refractivity contribution in [2.75, 3.05) is 0 Å². The van der Waals surface area contributed by atoms with E-state index < -0.39 is 0 Å². The zero-order valence-corrected chi connectivity index (χ0v) is 13.6. The number of hydrogen-bond donors (Lipinski definition) is 1. The lowest BCUT2D eigenvalue weighted by Crippen LogP contribution is -2.04. The second-order valence-electron chi connectivity index (χ2n) is 6.15. The van der Waals surface area contributed by atoms with E-state index in [2.05, 4.69) is 26.2 Å². The van der Waals surface area contributed by atoms with Crippen LogP contribution in [0.1, 0.15) is 29.2 Å². The summed E-state index contributed by atoms with van der Waals surface area (Å²) in [5.74, 6) is 1.08. The number of rotatable bonds is 3. The number of aryl methyl sites for hydroxylation is 1. The van der Waals surface area contributed by atoms with Gasteiger partial charge in [0, 0.05) is 6.07 Å². The van der Waals surface area contributed by atoms with Crippen LogP contribution in [0, 0.1) is 11.3 Å². The molecular weight excluding hydrogens is 330 g/mol. The molecule has 3 aromatic heterocycles. The Hall–Kier alpha value is -3.66. The van der Waals surface area contributed by atoms with Gasteiger partial charge in [0.1, 0.15) is 11.6 Å². The fraction of sp³-hybridized carbons (Fsp3) is 0.158. The number of nitrogens with zero attached hydrogens (tertiary/aromatic N) is 4. The maximum Gasteiger partial charge on any atom is 0.214 e. The van der Waals surface area contributed by atoms with Gasteiger partial charge >= 0.3 is 0 Å². The van der Waals surface area contributed by atoms with Gasteiger partial charge in [-0.25, -0.2) is 9.97 Å². The van der Waals surface area contributed by atoms with E-state index in [1.807, 2.05) is 30.3 Å². The first-order valence-corrected chi connectivity index (χ1v) is 8.25. The molecular formula is C19H13N5O2. The minimum atomic E-state index is -0.0664. The lowest BCUT2D eigenvalue weighted by atomic mass is 10.1. The number of H-pyrrole nitrogens is 1. The Morgan fingerprint density at radius 1 is 1.27 bits per heavy atom. The summed E-state index contributed by atoms with van der Waals surface area (Å²) in [7, 11) is 0. The van der Waals surface area contributed by atoms with Gasteiger partial charge in [0.25, 0.3) is 0 Å². The van der Waals surface area contributed by atoms with Gasteiger partial charge in [-0.05, 0) is 42.2 Å². The van der Waals surface area contributed by atoms with Gasteiger partial charge in [-0.2, -0.15) is 10.4 Å². The number of hydrogen-bond acceptors (Lipinski definition) is 6. The van der Waals surface area contributed by atoms with E-state index in [9.17, 15) is 0 Å². The summed E-state index contributed by atoms with van der Waals surface area (Å²) in [5.41, 5.74) is 5.05. The van der Waals surface area contributed by atoms with Crippen molar-refractivity contribution < 1.29 is 9.15 Å². The highest BCUT2D eigenvalue weighted by Crippen LogP contribution is 2.35. The molecule has 1 atom stereocenters. The number of fused-ring (bicyclic) bond motifs is 2. The second kappa shape index (κ2) is 5.70. The molecule has 26 heavy (non-hydrogen) atoms. The van der Waals surface area contributed by atoms with Crippen molar-refractivity contribution >= 4 is 11.0 Å². The molecule has 7 nitrogen and oxygen atoms in total. The van der Waals surface area contributed by atoms with Gasteiger partial charge in [0.05, 0.1) is 23.3 Å². The second-order valence-corrected chi connectivity index (χ2v) is 6.15. The molecule has 0 unspecified atom stereocenters. The highest BCUT2D eigenvalue weighted by atomic mass is 16.5. The molecule has 4 aromatic rings. The maximum absolute atomic E-state index is 9.04. The summed E-state index contributed by atoms with van der Waals surface area (Å²) < 4.78 is 11.5. The molecule has 0 aliphatic heterocycles. The van der Waals surface area contributed by atoms with Crippen molar-refractivity contribution in [3.05, 3.63) is 59.6 Å². The number of oxazole rings is 1. The Bertz CT molecular complexity index is 1140. The number of aromatic nitrogens is 4. The quantitative estimate of drug-likeness (QED) is 0.610. The minimum absolute atomic E-state index is 0.0664. The molecule has 0 spiro atoms. The van der Waals surface area contributed by atoms with Crippen molar-refractivity contribution in [1.29, 1.82) is 5.26 Å². The first-order chi connectivity index (χ1) is 12.8. The molecule has 1 aliphatic carbocycles. The van der Waals surface area contributed by atoms with Gasteiger partial charge in [0.2, 0.25) is 5.88 Å². The highest BCUT2D eigenvalue weighted by Gasteiger charge is 2.25. The van der Waals surface area contributed by atoms with Crippen LogP contribution in [0.25, 0.3) is 22.5 Å². The smallest absolute Gasteiger partial charge is 0.214 e. The van der Waals surface area contributed by atoms with Crippen LogP contribution in [-0.4, -0.2) is 20.2 Å². The van der Waals surface area contributed by atoms with E-state index in [-0.39, 0.29) is 6.10 Å². The summed E-state index contributed by atoms with van der Waals surface area (Å²) in [5, 5.41) is 16.2. The maximum atomic E-state index is 9.04. The molecule has 0 amide bonds. The summed E-state index contributed by atoms with van der Waals surface area (Å²) in [4.78, 5) is 8.53. The fourth-order valence-electron chi connectivity index (χ4n) is 3.37. The van der Waals surface area contributed by atoms with Gasteiger partial charge < -0.3 is 9.15 Å². The van der Waals surface area contributed by atoms with E-state index in [0.717, 1.165) is 23.9 Å². The molecule has 3 heterocycles. The predicted octanol–water partition coefficient (Wildman–Crippen LogP) is 3.55. The molecule has 7 heteroatoms. The number of benzene rings is 1. The van der Waals surface area contributed by atoms with Crippen LogP contribution in [0.15, 0.2) is 47.3 Å². The third kappa shape index (κ3) is 2.31. The Balaban J connectivity index is 1.48. The van der Waals surface area contributed by atoms with Crippen LogP contribution in [0.5, 0.6) is 5.88 Å². The van der Waals surface area contributed by atoms with E-state index >= 15 is 0 Å². The van der Waals surface area contributed by atoms with Crippen molar-refractivity contribution in [2.24, 2.45) is 0 Å². The summed E-state index contributed by atoms with van der Waals surface area (Å²) in [6, 6.07) is 11.6. The van der Waals surface area contributed by atoms with E-state index in [4.69, 9.17) is 14.4 Å². The molecule has 126 valence electrons. The molecule has 0 saturated carbocycles. The lowest BCUT2D eigenvalue weighted by Gasteiger charge is -2.14. The van der Waals surface area contributed by atoms with E-state index in [1.54, 1.807) is 6.20 Å². The third-order valence-corrected chi connectivity index (χ3v) is 4.61. The first-order valence-electron chi connectivity index (χ1n) is 8.25. The largest absolute Gasteiger partial charge is 0.469 e. The standard InChI is InChI=1S/C19H13N5O2/c20-8-11-1-3-13-12(7-11)2-5-15(13)26-17-6-4-14-18(22-17)19(24-23-14)16-9-21-10-25-16/h1,3-4,6-7,9-10,15H,2,5H2,(H,23,24)/t15-/m1/s1. The van der Waals surface area contributed by atoms with Crippen LogP contribution >= 0.6 is 0 Å². The number of aromatic amines is 1. The Labute approximate surface area is 148 Å². The number of nitrogens with one attached hydrogen (secondary N) is 1. The molecule has 1 N–H and O–H groups in total. The molecule has 5 rings (SSSR count). The fourth-order valence-corrected chi connectivity index (χ4v) is 3.37. The lowest BCUT2D eigenvalue weighted by molar-refractivity contribution is 0.199. The summed E-state index contributed by atoms with van der Waals surface area (Å²) >= 11 is 0. The summed E-state index contributed by atoms with van der Waals surface area (Å²) in [6.07, 6.45) is 4.66. The van der Waals surface area contributed by atoms with Crippen molar-refractivity contribution in [3.63, 3.8) is 0 Å². The number of ether oxygens (including phenoxy) is 1. The van der Waals surface area contributed by atoms with Crippen LogP contribution in [0.3, 0.4) is 0 Å². The Kier molecular flexibility index (Phi) is 3.22. The van der Waals surface area contributed by atoms with Crippen LogP contribution < -0.4 is 4.74 Å². The third-order valence-electron chi connectivity index (χ3n) is 4.61. The number of nitriles is 1. The first kappa shape index (κ1) is 14.7. The molecule has 1 aliphatic rings. The highest BCUT2D eigenvalue weighted by molar-refractivity contribution is 5.88. The monoisotopic (exact) mass is 343 g/mol. The topological polar surface area (TPSA) is 101 Å². The van der Waals surface area contributed by atoms with Crippen molar-refractivity contribution in [1.82, 2.24) is 20.2 Å². The molecule has 0 bridgehead atoms. The molecule has 0 saturated heterocycles. The number of pyridine rings is 1. The van der Waals surface area contributed by atoms with Crippen LogP contribution in [0.4, 0.5) is 0 Å². The van der Waals surface area contributed by atoms with Gasteiger partial charge in [0.15, 0.2) is 17.8 Å². The van der Waals surface area contributed by atoms with Crippen molar-refractivity contribution in [2.45, 2.75) is 18.9 Å². The average Bonchev–Trinajstić information content (AvgIpc) is 3.40.